The molecule has 0 aliphatic rings. The number of carbonyl (C=O) groups is 1. The van der Waals surface area contributed by atoms with E-state index in [2.05, 4.69) is 17.2 Å². The predicted octanol–water partition coefficient (Wildman–Crippen LogP) is 3.96. The van der Waals surface area contributed by atoms with E-state index in [1.165, 1.54) is 6.07 Å². The number of nitrogens with two attached hydrogens (primary N) is 1. The average molecular weight is 362 g/mol. The monoisotopic (exact) mass is 362 g/mol. The van der Waals surface area contributed by atoms with Crippen molar-refractivity contribution in [3.63, 3.8) is 0 Å². The van der Waals surface area contributed by atoms with Gasteiger partial charge < -0.3 is 15.8 Å². The van der Waals surface area contributed by atoms with Gasteiger partial charge in [0, 0.05) is 24.2 Å². The van der Waals surface area contributed by atoms with Crippen molar-refractivity contribution in [1.29, 1.82) is 0 Å². The third kappa shape index (κ3) is 6.06. The van der Waals surface area contributed by atoms with Crippen molar-refractivity contribution in [2.24, 2.45) is 0 Å². The van der Waals surface area contributed by atoms with Crippen LogP contribution in [0.15, 0.2) is 48.5 Å². The van der Waals surface area contributed by atoms with Crippen LogP contribution >= 0.6 is 0 Å². The summed E-state index contributed by atoms with van der Waals surface area (Å²) in [5.41, 5.74) is 5.96. The van der Waals surface area contributed by atoms with E-state index < -0.39 is 17.8 Å². The first-order chi connectivity index (χ1) is 12.4. The molecular formula is C19H17F3N2O2. The zero-order valence-corrected chi connectivity index (χ0v) is 13.8. The maximum absolute atomic E-state index is 12.7. The minimum Gasteiger partial charge on any atom is -0.445 e. The molecule has 2 aromatic rings. The van der Waals surface area contributed by atoms with Crippen molar-refractivity contribution < 1.29 is 22.7 Å². The highest BCUT2D eigenvalue weighted by molar-refractivity contribution is 5.67. The molecule has 2 aromatic carbocycles. The molecule has 0 radical (unpaired) electrons. The van der Waals surface area contributed by atoms with Gasteiger partial charge in [0.1, 0.15) is 6.61 Å². The molecule has 0 aliphatic heterocycles. The van der Waals surface area contributed by atoms with Gasteiger partial charge in [0.05, 0.1) is 5.56 Å². The van der Waals surface area contributed by atoms with Gasteiger partial charge in [-0.25, -0.2) is 4.79 Å². The van der Waals surface area contributed by atoms with Crippen LogP contribution in [0.1, 0.15) is 23.1 Å². The fraction of sp³-hybridized carbons (Fsp3) is 0.211. The summed E-state index contributed by atoms with van der Waals surface area (Å²) in [5.74, 6) is 5.27. The molecule has 2 rings (SSSR count). The van der Waals surface area contributed by atoms with Crippen LogP contribution in [0.4, 0.5) is 23.7 Å². The lowest BCUT2D eigenvalue weighted by atomic mass is 10.1. The lowest BCUT2D eigenvalue weighted by Crippen LogP contribution is -2.24. The third-order valence-electron chi connectivity index (χ3n) is 3.34. The van der Waals surface area contributed by atoms with Crippen LogP contribution in [0.25, 0.3) is 0 Å². The minimum atomic E-state index is -4.45. The predicted molar refractivity (Wildman–Crippen MR) is 92.0 cm³/mol. The van der Waals surface area contributed by atoms with Crippen molar-refractivity contribution in [2.75, 3.05) is 12.3 Å². The number of ether oxygens (including phenoxy) is 1. The second-order valence-corrected chi connectivity index (χ2v) is 5.34. The minimum absolute atomic E-state index is 0.103. The van der Waals surface area contributed by atoms with Crippen molar-refractivity contribution in [1.82, 2.24) is 5.32 Å². The molecule has 0 spiro atoms. The van der Waals surface area contributed by atoms with Crippen molar-refractivity contribution in [3.05, 3.63) is 65.2 Å². The molecule has 0 heterocycles. The van der Waals surface area contributed by atoms with Crippen LogP contribution in [-0.2, 0) is 17.5 Å². The van der Waals surface area contributed by atoms with E-state index in [-0.39, 0.29) is 30.8 Å². The summed E-state index contributed by atoms with van der Waals surface area (Å²) in [7, 11) is 0. The van der Waals surface area contributed by atoms with Gasteiger partial charge in [0.15, 0.2) is 0 Å². The summed E-state index contributed by atoms with van der Waals surface area (Å²) in [5, 5.41) is 2.51. The number of benzene rings is 2. The normalized spacial score (nSPS) is 10.6. The molecular weight excluding hydrogens is 345 g/mol. The van der Waals surface area contributed by atoms with Crippen LogP contribution in [0.2, 0.25) is 0 Å². The molecule has 0 aliphatic carbocycles. The molecule has 136 valence electrons. The summed E-state index contributed by atoms with van der Waals surface area (Å²) in [6.45, 7) is 0.360. The Kier molecular flexibility index (Phi) is 6.50. The third-order valence-corrected chi connectivity index (χ3v) is 3.34. The summed E-state index contributed by atoms with van der Waals surface area (Å²) in [6, 6.07) is 12.2. The molecule has 0 bridgehead atoms. The molecule has 1 amide bonds. The standard InChI is InChI=1S/C19H17F3N2O2/c20-19(21,22)16-9-10-17(23)15(12-16)8-4-5-11-24-18(25)26-13-14-6-2-1-3-7-14/h1-3,6-7,9-10,12H,5,11,13,23H2,(H,24,25). The molecule has 0 atom stereocenters. The number of amides is 1. The van der Waals surface area contributed by atoms with E-state index in [9.17, 15) is 18.0 Å². The Balaban J connectivity index is 1.79. The first kappa shape index (κ1) is 19.2. The van der Waals surface area contributed by atoms with E-state index >= 15 is 0 Å². The fourth-order valence-electron chi connectivity index (χ4n) is 2.00. The van der Waals surface area contributed by atoms with E-state index in [0.29, 0.717) is 0 Å². The van der Waals surface area contributed by atoms with E-state index in [4.69, 9.17) is 10.5 Å². The van der Waals surface area contributed by atoms with Gasteiger partial charge in [-0.1, -0.05) is 42.2 Å². The smallest absolute Gasteiger partial charge is 0.416 e. The van der Waals surface area contributed by atoms with Crippen LogP contribution in [-0.4, -0.2) is 12.6 Å². The number of halogens is 3. The second kappa shape index (κ2) is 8.81. The molecule has 0 unspecified atom stereocenters. The fourth-order valence-corrected chi connectivity index (χ4v) is 2.00. The lowest BCUT2D eigenvalue weighted by molar-refractivity contribution is -0.137. The maximum Gasteiger partial charge on any atom is 0.416 e. The molecule has 0 fully saturated rings. The highest BCUT2D eigenvalue weighted by atomic mass is 19.4. The lowest BCUT2D eigenvalue weighted by Gasteiger charge is -2.08. The van der Waals surface area contributed by atoms with Crippen LogP contribution in [0.3, 0.4) is 0 Å². The van der Waals surface area contributed by atoms with E-state index in [1.54, 1.807) is 0 Å². The first-order valence-electron chi connectivity index (χ1n) is 7.76. The summed E-state index contributed by atoms with van der Waals surface area (Å²) in [4.78, 5) is 11.5. The highest BCUT2D eigenvalue weighted by Crippen LogP contribution is 2.30. The molecule has 0 saturated heterocycles. The Morgan fingerprint density at radius 3 is 2.58 bits per heavy atom. The van der Waals surface area contributed by atoms with Gasteiger partial charge in [0.2, 0.25) is 0 Å². The summed E-state index contributed by atoms with van der Waals surface area (Å²) in [6.07, 6.45) is -4.79. The number of hydrogen-bond acceptors (Lipinski definition) is 3. The Bertz CT molecular complexity index is 809. The van der Waals surface area contributed by atoms with Crippen molar-refractivity contribution in [3.8, 4) is 11.8 Å². The van der Waals surface area contributed by atoms with Gasteiger partial charge in [0.25, 0.3) is 0 Å². The van der Waals surface area contributed by atoms with Crippen molar-refractivity contribution in [2.45, 2.75) is 19.2 Å². The van der Waals surface area contributed by atoms with Gasteiger partial charge >= 0.3 is 12.3 Å². The first-order valence-corrected chi connectivity index (χ1v) is 7.76. The molecule has 0 aromatic heterocycles. The topological polar surface area (TPSA) is 64.3 Å². The Labute approximate surface area is 149 Å². The molecule has 26 heavy (non-hydrogen) atoms. The van der Waals surface area contributed by atoms with Gasteiger partial charge in [-0.05, 0) is 23.8 Å². The number of alkyl carbamates (subject to hydrolysis) is 1. The Hall–Kier alpha value is -3.14. The number of anilines is 1. The molecule has 4 nitrogen and oxygen atoms in total. The van der Waals surface area contributed by atoms with Crippen LogP contribution in [0, 0.1) is 11.8 Å². The Morgan fingerprint density at radius 1 is 1.15 bits per heavy atom. The number of hydrogen-bond donors (Lipinski definition) is 2. The van der Waals surface area contributed by atoms with Gasteiger partial charge in [-0.2, -0.15) is 13.2 Å². The largest absolute Gasteiger partial charge is 0.445 e. The number of alkyl halides is 3. The molecule has 7 heteroatoms. The number of nitrogen functional groups attached to an aromatic ring is 1. The van der Waals surface area contributed by atoms with Gasteiger partial charge in [-0.15, -0.1) is 0 Å². The second-order valence-electron chi connectivity index (χ2n) is 5.34. The average Bonchev–Trinajstić information content (AvgIpc) is 2.61. The van der Waals surface area contributed by atoms with Gasteiger partial charge in [-0.3, -0.25) is 0 Å². The zero-order valence-electron chi connectivity index (χ0n) is 13.8. The summed E-state index contributed by atoms with van der Waals surface area (Å²) >= 11 is 0. The quantitative estimate of drug-likeness (QED) is 0.492. The summed E-state index contributed by atoms with van der Waals surface area (Å²) < 4.78 is 43.1. The number of rotatable bonds is 4. The molecule has 3 N–H and O–H groups in total. The Morgan fingerprint density at radius 2 is 1.88 bits per heavy atom. The highest BCUT2D eigenvalue weighted by Gasteiger charge is 2.30. The van der Waals surface area contributed by atoms with Crippen molar-refractivity contribution >= 4 is 11.8 Å². The SMILES string of the molecule is Nc1ccc(C(F)(F)F)cc1C#CCCNC(=O)OCc1ccccc1. The number of carbonyl (C=O) groups excluding carboxylic acids is 1. The van der Waals surface area contributed by atoms with E-state index in [0.717, 1.165) is 17.7 Å². The van der Waals surface area contributed by atoms with E-state index in [1.807, 2.05) is 30.3 Å². The number of nitrogens with one attached hydrogen (secondary N) is 1. The van der Waals surface area contributed by atoms with Crippen LogP contribution < -0.4 is 11.1 Å². The van der Waals surface area contributed by atoms with Crippen LogP contribution in [0.5, 0.6) is 0 Å². The maximum atomic E-state index is 12.7. The zero-order chi connectivity index (χ0) is 19.0. The molecule has 0 saturated carbocycles.